The molecule has 5 heteroatoms. The molecule has 0 N–H and O–H groups in total. The summed E-state index contributed by atoms with van der Waals surface area (Å²) >= 11 is 6.75. The molecule has 84 valence electrons. The molecule has 0 amide bonds. The zero-order valence-corrected chi connectivity index (χ0v) is 12.0. The summed E-state index contributed by atoms with van der Waals surface area (Å²) in [6.45, 7) is 2.28. The minimum Gasteiger partial charge on any atom is -0.236 e. The van der Waals surface area contributed by atoms with Crippen molar-refractivity contribution in [3.8, 4) is 0 Å². The quantitative estimate of drug-likeness (QED) is 0.818. The van der Waals surface area contributed by atoms with Gasteiger partial charge in [-0.2, -0.15) is 4.98 Å². The first kappa shape index (κ1) is 11.6. The summed E-state index contributed by atoms with van der Waals surface area (Å²) in [5.41, 5.74) is 0. The van der Waals surface area contributed by atoms with Crippen LogP contribution in [0.15, 0.2) is 9.47 Å². The highest BCUT2D eigenvalue weighted by atomic mass is 79.9. The lowest BCUT2D eigenvalue weighted by Crippen LogP contribution is -2.19. The van der Waals surface area contributed by atoms with E-state index in [0.29, 0.717) is 10.8 Å². The van der Waals surface area contributed by atoms with Gasteiger partial charge in [-0.25, -0.2) is 4.68 Å². The molecule has 0 radical (unpaired) electrons. The summed E-state index contributed by atoms with van der Waals surface area (Å²) in [5.74, 6) is 0.923. The van der Waals surface area contributed by atoms with E-state index in [-0.39, 0.29) is 0 Å². The third-order valence-corrected chi connectivity index (χ3v) is 4.18. The molecular weight excluding hydrogens is 322 g/mol. The van der Waals surface area contributed by atoms with Crippen LogP contribution in [0.5, 0.6) is 0 Å². The molecule has 0 spiro atoms. The van der Waals surface area contributed by atoms with E-state index in [1.54, 1.807) is 0 Å². The first-order valence-corrected chi connectivity index (χ1v) is 7.06. The van der Waals surface area contributed by atoms with Gasteiger partial charge in [0.05, 0.1) is 6.04 Å². The van der Waals surface area contributed by atoms with Crippen LogP contribution in [-0.4, -0.2) is 14.8 Å². The van der Waals surface area contributed by atoms with E-state index in [2.05, 4.69) is 48.9 Å². The van der Waals surface area contributed by atoms with Crippen molar-refractivity contribution in [3.63, 3.8) is 0 Å². The van der Waals surface area contributed by atoms with E-state index in [4.69, 9.17) is 0 Å². The van der Waals surface area contributed by atoms with Crippen LogP contribution in [0, 0.1) is 5.92 Å². The molecule has 15 heavy (non-hydrogen) atoms. The van der Waals surface area contributed by atoms with Crippen LogP contribution in [0.2, 0.25) is 0 Å². The predicted octanol–water partition coefficient (Wildman–Crippen LogP) is 3.94. The molecule has 0 unspecified atom stereocenters. The minimum absolute atomic E-state index is 0.529. The van der Waals surface area contributed by atoms with E-state index >= 15 is 0 Å². The van der Waals surface area contributed by atoms with Crippen molar-refractivity contribution < 1.29 is 0 Å². The zero-order chi connectivity index (χ0) is 10.8. The highest BCUT2D eigenvalue weighted by Crippen LogP contribution is 2.34. The highest BCUT2D eigenvalue weighted by molar-refractivity contribution is 9.11. The van der Waals surface area contributed by atoms with Crippen molar-refractivity contribution in [1.82, 2.24) is 14.8 Å². The van der Waals surface area contributed by atoms with Crippen molar-refractivity contribution in [2.24, 2.45) is 5.92 Å². The molecular formula is C10H15Br2N3. The van der Waals surface area contributed by atoms with Gasteiger partial charge in [0.2, 0.25) is 4.73 Å². The lowest BCUT2D eigenvalue weighted by atomic mass is 9.85. The number of hydrogen-bond acceptors (Lipinski definition) is 2. The normalized spacial score (nSPS) is 26.9. The maximum absolute atomic E-state index is 4.36. The van der Waals surface area contributed by atoms with Crippen molar-refractivity contribution in [1.29, 1.82) is 0 Å². The average molecular weight is 337 g/mol. The lowest BCUT2D eigenvalue weighted by Gasteiger charge is -2.27. The average Bonchev–Trinajstić information content (AvgIpc) is 2.58. The van der Waals surface area contributed by atoms with Crippen molar-refractivity contribution in [2.45, 2.75) is 45.1 Å². The number of rotatable bonds is 2. The van der Waals surface area contributed by atoms with E-state index in [9.17, 15) is 0 Å². The van der Waals surface area contributed by atoms with Crippen LogP contribution < -0.4 is 0 Å². The van der Waals surface area contributed by atoms with Gasteiger partial charge in [-0.3, -0.25) is 0 Å². The van der Waals surface area contributed by atoms with E-state index < -0.39 is 0 Å². The van der Waals surface area contributed by atoms with Crippen LogP contribution in [-0.2, 0) is 0 Å². The predicted molar refractivity (Wildman–Crippen MR) is 66.7 cm³/mol. The SMILES string of the molecule is CCC1CCC(n2nc(Br)nc2Br)CC1. The van der Waals surface area contributed by atoms with Gasteiger partial charge < -0.3 is 0 Å². The summed E-state index contributed by atoms with van der Waals surface area (Å²) in [6, 6.07) is 0.529. The third kappa shape index (κ3) is 2.61. The molecule has 0 aromatic carbocycles. The smallest absolute Gasteiger partial charge is 0.218 e. The van der Waals surface area contributed by atoms with Gasteiger partial charge in [-0.15, -0.1) is 5.10 Å². The van der Waals surface area contributed by atoms with Crippen LogP contribution in [0.25, 0.3) is 0 Å². The summed E-state index contributed by atoms with van der Waals surface area (Å²) < 4.78 is 3.52. The fraction of sp³-hybridized carbons (Fsp3) is 0.800. The van der Waals surface area contributed by atoms with E-state index in [0.717, 1.165) is 10.7 Å². The van der Waals surface area contributed by atoms with Crippen LogP contribution in [0.3, 0.4) is 0 Å². The van der Waals surface area contributed by atoms with Gasteiger partial charge in [-0.05, 0) is 63.5 Å². The fourth-order valence-corrected chi connectivity index (χ4v) is 3.42. The molecule has 1 heterocycles. The molecule has 1 aromatic heterocycles. The Morgan fingerprint density at radius 2 is 1.93 bits per heavy atom. The molecule has 1 saturated carbocycles. The molecule has 0 saturated heterocycles. The topological polar surface area (TPSA) is 30.7 Å². The summed E-state index contributed by atoms with van der Waals surface area (Å²) in [5, 5.41) is 4.36. The Balaban J connectivity index is 2.04. The van der Waals surface area contributed by atoms with Crippen molar-refractivity contribution in [2.75, 3.05) is 0 Å². The molecule has 0 atom stereocenters. The van der Waals surface area contributed by atoms with Gasteiger partial charge in [-0.1, -0.05) is 13.3 Å². The monoisotopic (exact) mass is 335 g/mol. The van der Waals surface area contributed by atoms with Crippen LogP contribution in [0.4, 0.5) is 0 Å². The standard InChI is InChI=1S/C10H15Br2N3/c1-2-7-3-5-8(6-4-7)15-10(12)13-9(11)14-15/h7-8H,2-6H2,1H3. The number of halogens is 2. The van der Waals surface area contributed by atoms with E-state index in [1.807, 2.05) is 4.68 Å². The van der Waals surface area contributed by atoms with Gasteiger partial charge in [0.15, 0.2) is 4.73 Å². The fourth-order valence-electron chi connectivity index (χ4n) is 2.31. The number of aromatic nitrogens is 3. The van der Waals surface area contributed by atoms with Crippen LogP contribution >= 0.6 is 31.9 Å². The second-order valence-electron chi connectivity index (χ2n) is 4.18. The Labute approximate surface area is 107 Å². The molecule has 1 aliphatic rings. The van der Waals surface area contributed by atoms with Gasteiger partial charge in [0.1, 0.15) is 0 Å². The Morgan fingerprint density at radius 3 is 2.40 bits per heavy atom. The first-order valence-electron chi connectivity index (χ1n) is 5.48. The first-order chi connectivity index (χ1) is 7.20. The maximum Gasteiger partial charge on any atom is 0.218 e. The van der Waals surface area contributed by atoms with Crippen LogP contribution in [0.1, 0.15) is 45.1 Å². The Morgan fingerprint density at radius 1 is 1.27 bits per heavy atom. The Hall–Kier alpha value is 0.1000. The summed E-state index contributed by atoms with van der Waals surface area (Å²) in [4.78, 5) is 4.21. The van der Waals surface area contributed by atoms with Gasteiger partial charge >= 0.3 is 0 Å². The molecule has 1 aromatic rings. The van der Waals surface area contributed by atoms with Crippen molar-refractivity contribution >= 4 is 31.9 Å². The molecule has 0 aliphatic heterocycles. The lowest BCUT2D eigenvalue weighted by molar-refractivity contribution is 0.253. The molecule has 1 aliphatic carbocycles. The molecule has 2 rings (SSSR count). The second kappa shape index (κ2) is 4.95. The number of hydrogen-bond donors (Lipinski definition) is 0. The van der Waals surface area contributed by atoms with Gasteiger partial charge in [0, 0.05) is 0 Å². The third-order valence-electron chi connectivity index (χ3n) is 3.30. The highest BCUT2D eigenvalue weighted by Gasteiger charge is 2.23. The maximum atomic E-state index is 4.36. The molecule has 1 fully saturated rings. The summed E-state index contributed by atoms with van der Waals surface area (Å²) in [7, 11) is 0. The summed E-state index contributed by atoms with van der Waals surface area (Å²) in [6.07, 6.45) is 6.42. The molecule has 0 bridgehead atoms. The molecule has 3 nitrogen and oxygen atoms in total. The Bertz CT molecular complexity index is 329. The minimum atomic E-state index is 0.529. The van der Waals surface area contributed by atoms with Crippen molar-refractivity contribution in [3.05, 3.63) is 9.47 Å². The Kier molecular flexibility index (Phi) is 3.83. The van der Waals surface area contributed by atoms with E-state index in [1.165, 1.54) is 32.1 Å². The number of nitrogens with zero attached hydrogens (tertiary/aromatic N) is 3. The van der Waals surface area contributed by atoms with Gasteiger partial charge in [0.25, 0.3) is 0 Å². The second-order valence-corrected chi connectivity index (χ2v) is 5.60. The zero-order valence-electron chi connectivity index (χ0n) is 8.79. The largest absolute Gasteiger partial charge is 0.236 e.